The third-order valence-electron chi connectivity index (χ3n) is 2.70. The number of benzene rings is 1. The lowest BCUT2D eigenvalue weighted by Crippen LogP contribution is -2.33. The van der Waals surface area contributed by atoms with Gasteiger partial charge in [0.2, 0.25) is 0 Å². The van der Waals surface area contributed by atoms with E-state index in [4.69, 9.17) is 0 Å². The minimum atomic E-state index is -4.56. The highest BCUT2D eigenvalue weighted by Crippen LogP contribution is 2.33. The van der Waals surface area contributed by atoms with Gasteiger partial charge in [-0.05, 0) is 37.7 Å². The second-order valence-electron chi connectivity index (χ2n) is 4.56. The number of carbonyl (C=O) groups excluding carboxylic acids is 1. The van der Waals surface area contributed by atoms with E-state index in [0.29, 0.717) is 13.1 Å². The van der Waals surface area contributed by atoms with Gasteiger partial charge < -0.3 is 10.6 Å². The van der Waals surface area contributed by atoms with E-state index in [2.05, 4.69) is 26.6 Å². The van der Waals surface area contributed by atoms with Crippen LogP contribution in [0.3, 0.4) is 0 Å². The summed E-state index contributed by atoms with van der Waals surface area (Å²) in [6.07, 6.45) is -4.56. The van der Waals surface area contributed by atoms with Crippen LogP contribution in [0.1, 0.15) is 22.8 Å². The number of hydrogen-bond acceptors (Lipinski definition) is 2. The van der Waals surface area contributed by atoms with E-state index in [1.54, 1.807) is 7.05 Å². The topological polar surface area (TPSA) is 41.1 Å². The summed E-state index contributed by atoms with van der Waals surface area (Å²) < 4.78 is 39.0. The third kappa shape index (κ3) is 4.79. The van der Waals surface area contributed by atoms with Crippen LogP contribution in [0, 0.1) is 5.92 Å². The van der Waals surface area contributed by atoms with E-state index < -0.39 is 17.6 Å². The van der Waals surface area contributed by atoms with Crippen molar-refractivity contribution in [1.29, 1.82) is 0 Å². The lowest BCUT2D eigenvalue weighted by molar-refractivity contribution is -0.138. The molecule has 1 atom stereocenters. The molecule has 1 aromatic rings. The summed E-state index contributed by atoms with van der Waals surface area (Å²) in [6, 6.07) is 3.50. The van der Waals surface area contributed by atoms with E-state index in [1.165, 1.54) is 12.1 Å². The maximum Gasteiger partial charge on any atom is 0.417 e. The molecular weight excluding hydrogens is 337 g/mol. The van der Waals surface area contributed by atoms with Gasteiger partial charge in [0.25, 0.3) is 5.91 Å². The number of rotatable bonds is 5. The van der Waals surface area contributed by atoms with Crippen molar-refractivity contribution in [3.63, 3.8) is 0 Å². The molecule has 7 heteroatoms. The highest BCUT2D eigenvalue weighted by Gasteiger charge is 2.35. The van der Waals surface area contributed by atoms with Crippen LogP contribution in [0.25, 0.3) is 0 Å². The molecule has 0 spiro atoms. The normalized spacial score (nSPS) is 13.1. The summed E-state index contributed by atoms with van der Waals surface area (Å²) in [4.78, 5) is 11.9. The SMILES string of the molecule is CNCC(C)CNC(=O)c1ccc(Br)cc1C(F)(F)F. The van der Waals surface area contributed by atoms with Crippen molar-refractivity contribution in [2.45, 2.75) is 13.1 Å². The van der Waals surface area contributed by atoms with Crippen molar-refractivity contribution in [3.05, 3.63) is 33.8 Å². The lowest BCUT2D eigenvalue weighted by atomic mass is 10.1. The molecule has 0 aliphatic carbocycles. The van der Waals surface area contributed by atoms with Crippen molar-refractivity contribution in [2.24, 2.45) is 5.92 Å². The first-order valence-electron chi connectivity index (χ1n) is 6.05. The van der Waals surface area contributed by atoms with E-state index >= 15 is 0 Å². The van der Waals surface area contributed by atoms with E-state index in [-0.39, 0.29) is 16.0 Å². The molecule has 0 heterocycles. The molecule has 0 radical (unpaired) electrons. The van der Waals surface area contributed by atoms with Crippen LogP contribution in [0.5, 0.6) is 0 Å². The molecule has 0 aliphatic rings. The number of hydrogen-bond donors (Lipinski definition) is 2. The fourth-order valence-corrected chi connectivity index (χ4v) is 2.09. The minimum absolute atomic E-state index is 0.133. The van der Waals surface area contributed by atoms with Crippen LogP contribution in [-0.2, 0) is 6.18 Å². The van der Waals surface area contributed by atoms with Gasteiger partial charge >= 0.3 is 6.18 Å². The fraction of sp³-hybridized carbons (Fsp3) is 0.462. The zero-order valence-corrected chi connectivity index (χ0v) is 12.7. The van der Waals surface area contributed by atoms with Crippen LogP contribution >= 0.6 is 15.9 Å². The Morgan fingerprint density at radius 2 is 2.00 bits per heavy atom. The number of amides is 1. The molecule has 0 aliphatic heterocycles. The van der Waals surface area contributed by atoms with Gasteiger partial charge in [0.1, 0.15) is 0 Å². The molecule has 0 aromatic heterocycles. The Morgan fingerprint density at radius 1 is 1.35 bits per heavy atom. The zero-order chi connectivity index (χ0) is 15.3. The summed E-state index contributed by atoms with van der Waals surface area (Å²) in [5.41, 5.74) is -1.30. The minimum Gasteiger partial charge on any atom is -0.352 e. The van der Waals surface area contributed by atoms with Gasteiger partial charge in [-0.15, -0.1) is 0 Å². The van der Waals surface area contributed by atoms with Crippen LogP contribution in [-0.4, -0.2) is 26.0 Å². The molecule has 1 rings (SSSR count). The van der Waals surface area contributed by atoms with E-state index in [1.807, 2.05) is 6.92 Å². The standard InChI is InChI=1S/C13H16BrF3N2O/c1-8(6-18-2)7-19-12(20)10-4-3-9(14)5-11(10)13(15,16)17/h3-5,8,18H,6-7H2,1-2H3,(H,19,20). The second kappa shape index (κ2) is 7.08. The average molecular weight is 353 g/mol. The monoisotopic (exact) mass is 352 g/mol. The predicted molar refractivity (Wildman–Crippen MR) is 74.6 cm³/mol. The summed E-state index contributed by atoms with van der Waals surface area (Å²) in [5, 5.41) is 5.46. The molecule has 1 amide bonds. The number of alkyl halides is 3. The summed E-state index contributed by atoms with van der Waals surface area (Å²) in [7, 11) is 1.77. The Labute approximate surface area is 124 Å². The molecule has 0 saturated carbocycles. The predicted octanol–water partition coefficient (Wildman–Crippen LogP) is 3.05. The Hall–Kier alpha value is -1.08. The van der Waals surface area contributed by atoms with Gasteiger partial charge in [-0.25, -0.2) is 0 Å². The number of nitrogens with one attached hydrogen (secondary N) is 2. The second-order valence-corrected chi connectivity index (χ2v) is 5.48. The first kappa shape index (κ1) is 17.0. The highest BCUT2D eigenvalue weighted by atomic mass is 79.9. The Kier molecular flexibility index (Phi) is 6.01. The Balaban J connectivity index is 2.88. The maximum absolute atomic E-state index is 12.9. The van der Waals surface area contributed by atoms with Gasteiger partial charge in [-0.3, -0.25) is 4.79 Å². The summed E-state index contributed by atoms with van der Waals surface area (Å²) in [5.74, 6) is -0.582. The van der Waals surface area contributed by atoms with Crippen LogP contribution < -0.4 is 10.6 Å². The molecule has 3 nitrogen and oxygen atoms in total. The molecule has 0 saturated heterocycles. The molecule has 1 unspecified atom stereocenters. The molecule has 112 valence electrons. The Bertz CT molecular complexity index is 477. The maximum atomic E-state index is 12.9. The third-order valence-corrected chi connectivity index (χ3v) is 3.19. The van der Waals surface area contributed by atoms with Gasteiger partial charge in [0.05, 0.1) is 11.1 Å². The zero-order valence-electron chi connectivity index (χ0n) is 11.1. The van der Waals surface area contributed by atoms with Crippen LogP contribution in [0.4, 0.5) is 13.2 Å². The summed E-state index contributed by atoms with van der Waals surface area (Å²) in [6.45, 7) is 2.88. The molecule has 1 aromatic carbocycles. The molecule has 0 fully saturated rings. The largest absolute Gasteiger partial charge is 0.417 e. The van der Waals surface area contributed by atoms with Crippen LogP contribution in [0.15, 0.2) is 22.7 Å². The lowest BCUT2D eigenvalue weighted by Gasteiger charge is -2.15. The smallest absolute Gasteiger partial charge is 0.352 e. The molecule has 2 N–H and O–H groups in total. The van der Waals surface area contributed by atoms with E-state index in [9.17, 15) is 18.0 Å². The molecular formula is C13H16BrF3N2O. The van der Waals surface area contributed by atoms with Gasteiger partial charge in [0, 0.05) is 11.0 Å². The van der Waals surface area contributed by atoms with Gasteiger partial charge in [-0.2, -0.15) is 13.2 Å². The van der Waals surface area contributed by atoms with Crippen molar-refractivity contribution >= 4 is 21.8 Å². The van der Waals surface area contributed by atoms with Gasteiger partial charge in [0.15, 0.2) is 0 Å². The molecule has 20 heavy (non-hydrogen) atoms. The molecule has 0 bridgehead atoms. The number of halogens is 4. The average Bonchev–Trinajstić information content (AvgIpc) is 2.35. The first-order valence-corrected chi connectivity index (χ1v) is 6.84. The fourth-order valence-electron chi connectivity index (χ4n) is 1.73. The van der Waals surface area contributed by atoms with Crippen molar-refractivity contribution in [2.75, 3.05) is 20.1 Å². The van der Waals surface area contributed by atoms with E-state index in [0.717, 1.165) is 6.07 Å². The Morgan fingerprint density at radius 3 is 2.55 bits per heavy atom. The van der Waals surface area contributed by atoms with Crippen molar-refractivity contribution in [3.8, 4) is 0 Å². The number of carbonyl (C=O) groups is 1. The quantitative estimate of drug-likeness (QED) is 0.854. The van der Waals surface area contributed by atoms with Gasteiger partial charge in [-0.1, -0.05) is 22.9 Å². The summed E-state index contributed by atoms with van der Waals surface area (Å²) >= 11 is 2.98. The van der Waals surface area contributed by atoms with Crippen molar-refractivity contribution in [1.82, 2.24) is 10.6 Å². The highest BCUT2D eigenvalue weighted by molar-refractivity contribution is 9.10. The first-order chi connectivity index (χ1) is 9.25. The van der Waals surface area contributed by atoms with Crippen molar-refractivity contribution < 1.29 is 18.0 Å². The van der Waals surface area contributed by atoms with Crippen LogP contribution in [0.2, 0.25) is 0 Å².